The third-order valence-electron chi connectivity index (χ3n) is 3.83. The molecule has 3 rings (SSSR count). The predicted molar refractivity (Wildman–Crippen MR) is 108 cm³/mol. The van der Waals surface area contributed by atoms with E-state index in [4.69, 9.17) is 4.84 Å². The lowest BCUT2D eigenvalue weighted by atomic mass is 10.2. The number of nitrogens with zero attached hydrogens (tertiary/aromatic N) is 5. The fourth-order valence-corrected chi connectivity index (χ4v) is 2.33. The van der Waals surface area contributed by atoms with E-state index in [0.29, 0.717) is 11.4 Å². The van der Waals surface area contributed by atoms with Crippen LogP contribution in [0, 0.1) is 20.2 Å². The van der Waals surface area contributed by atoms with Crippen LogP contribution in [0.1, 0.15) is 20.8 Å². The molecule has 0 aliphatic heterocycles. The van der Waals surface area contributed by atoms with Crippen molar-refractivity contribution in [3.8, 4) is 0 Å². The smallest absolute Gasteiger partial charge is 0.338 e. The highest BCUT2D eigenvalue weighted by Crippen LogP contribution is 2.23. The van der Waals surface area contributed by atoms with Crippen LogP contribution in [0.5, 0.6) is 0 Å². The summed E-state index contributed by atoms with van der Waals surface area (Å²) in [5.74, 6) is -1.69. The van der Waals surface area contributed by atoms with Gasteiger partial charge < -0.3 is 4.84 Å². The lowest BCUT2D eigenvalue weighted by Gasteiger charge is -2.07. The van der Waals surface area contributed by atoms with Crippen molar-refractivity contribution in [2.24, 2.45) is 10.2 Å². The minimum Gasteiger partial charge on any atom is -0.338 e. The molecule has 160 valence electrons. The van der Waals surface area contributed by atoms with Crippen LogP contribution in [-0.2, 0) is 4.84 Å². The number of nitro groups is 2. The van der Waals surface area contributed by atoms with Gasteiger partial charge in [0, 0.05) is 18.3 Å². The van der Waals surface area contributed by atoms with Gasteiger partial charge >= 0.3 is 11.9 Å². The van der Waals surface area contributed by atoms with Gasteiger partial charge in [-0.15, -0.1) is 10.2 Å². The van der Waals surface area contributed by atoms with E-state index in [0.717, 1.165) is 18.2 Å². The number of nitrogens with one attached hydrogen (secondary N) is 1. The number of aromatic nitrogens is 1. The summed E-state index contributed by atoms with van der Waals surface area (Å²) >= 11 is 0. The lowest BCUT2D eigenvalue weighted by Crippen LogP contribution is -2.11. The van der Waals surface area contributed by atoms with Crippen molar-refractivity contribution >= 4 is 34.6 Å². The zero-order valence-corrected chi connectivity index (χ0v) is 15.9. The Hall–Kier alpha value is -5.07. The molecule has 0 saturated heterocycles. The molecule has 1 amide bonds. The van der Waals surface area contributed by atoms with E-state index in [9.17, 15) is 29.8 Å². The van der Waals surface area contributed by atoms with E-state index in [1.807, 2.05) is 0 Å². The van der Waals surface area contributed by atoms with Crippen molar-refractivity contribution in [1.29, 1.82) is 0 Å². The second-order valence-corrected chi connectivity index (χ2v) is 6.01. The van der Waals surface area contributed by atoms with Gasteiger partial charge in [0.1, 0.15) is 5.69 Å². The molecule has 3 aromatic rings. The zero-order valence-electron chi connectivity index (χ0n) is 15.9. The number of anilines is 1. The third-order valence-corrected chi connectivity index (χ3v) is 3.83. The van der Waals surface area contributed by atoms with Crippen LogP contribution in [0.3, 0.4) is 0 Å². The number of hydrogen-bond acceptors (Lipinski definition) is 10. The number of pyridine rings is 1. The molecule has 0 aliphatic rings. The van der Waals surface area contributed by atoms with Crippen molar-refractivity contribution in [1.82, 2.24) is 4.98 Å². The molecule has 1 N–H and O–H groups in total. The molecule has 0 radical (unpaired) electrons. The van der Waals surface area contributed by atoms with E-state index in [2.05, 4.69) is 20.7 Å². The number of rotatable bonds is 7. The standard InChI is InChI=1S/C19H12N6O7/c26-18(17-3-1-2-8-20-17)22-21-13-4-6-14(7-5-13)23-32-19(27)12-9-15(24(28)29)11-16(10-12)25(30)31/h1-11,23H. The maximum absolute atomic E-state index is 12.1. The first-order chi connectivity index (χ1) is 15.3. The van der Waals surface area contributed by atoms with Crippen LogP contribution in [0.25, 0.3) is 0 Å². The van der Waals surface area contributed by atoms with Gasteiger partial charge in [0.2, 0.25) is 0 Å². The van der Waals surface area contributed by atoms with Gasteiger partial charge in [-0.25, -0.2) is 10.3 Å². The van der Waals surface area contributed by atoms with Gasteiger partial charge in [0.05, 0.1) is 32.9 Å². The highest BCUT2D eigenvalue weighted by Gasteiger charge is 2.21. The third kappa shape index (κ3) is 5.50. The SMILES string of the molecule is O=C(ONc1ccc(N=NC(=O)c2ccccn2)cc1)c1cc([N+](=O)[O-])cc([N+](=O)[O-])c1. The van der Waals surface area contributed by atoms with Gasteiger partial charge in [-0.3, -0.25) is 30.0 Å². The summed E-state index contributed by atoms with van der Waals surface area (Å²) in [7, 11) is 0. The molecule has 13 nitrogen and oxygen atoms in total. The molecule has 0 aliphatic carbocycles. The fourth-order valence-electron chi connectivity index (χ4n) is 2.33. The maximum atomic E-state index is 12.1. The van der Waals surface area contributed by atoms with E-state index in [-0.39, 0.29) is 11.3 Å². The number of benzene rings is 2. The minimum absolute atomic E-state index is 0.142. The molecule has 13 heteroatoms. The fraction of sp³-hybridized carbons (Fsp3) is 0. The van der Waals surface area contributed by atoms with Crippen molar-refractivity contribution in [3.05, 3.63) is 98.3 Å². The first-order valence-corrected chi connectivity index (χ1v) is 8.72. The van der Waals surface area contributed by atoms with Crippen LogP contribution < -0.4 is 5.48 Å². The Kier molecular flexibility index (Phi) is 6.50. The Morgan fingerprint density at radius 1 is 0.938 bits per heavy atom. The van der Waals surface area contributed by atoms with Gasteiger partial charge in [-0.1, -0.05) is 6.07 Å². The Labute approximate surface area is 178 Å². The summed E-state index contributed by atoms with van der Waals surface area (Å²) in [4.78, 5) is 52.8. The Morgan fingerprint density at radius 2 is 1.59 bits per heavy atom. The average Bonchev–Trinajstić information content (AvgIpc) is 2.81. The molecular weight excluding hydrogens is 424 g/mol. The molecule has 0 bridgehead atoms. The van der Waals surface area contributed by atoms with Crippen LogP contribution in [-0.4, -0.2) is 26.7 Å². The number of hydrogen-bond donors (Lipinski definition) is 1. The topological polar surface area (TPSA) is 179 Å². The molecule has 0 atom stereocenters. The molecule has 1 aromatic heterocycles. The average molecular weight is 436 g/mol. The first kappa shape index (κ1) is 21.6. The second-order valence-electron chi connectivity index (χ2n) is 6.01. The summed E-state index contributed by atoms with van der Waals surface area (Å²) in [5, 5.41) is 29.2. The number of carbonyl (C=O) groups excluding carboxylic acids is 2. The van der Waals surface area contributed by atoms with Crippen LogP contribution in [0.4, 0.5) is 22.7 Å². The van der Waals surface area contributed by atoms with Gasteiger partial charge in [-0.2, -0.15) is 0 Å². The summed E-state index contributed by atoms with van der Waals surface area (Å²) < 4.78 is 0. The van der Waals surface area contributed by atoms with Gasteiger partial charge in [-0.05, 0) is 36.4 Å². The molecule has 32 heavy (non-hydrogen) atoms. The summed E-state index contributed by atoms with van der Waals surface area (Å²) in [5.41, 5.74) is 1.47. The first-order valence-electron chi connectivity index (χ1n) is 8.72. The van der Waals surface area contributed by atoms with Crippen molar-refractivity contribution in [2.45, 2.75) is 0 Å². The van der Waals surface area contributed by atoms with E-state index >= 15 is 0 Å². The van der Waals surface area contributed by atoms with E-state index in [1.165, 1.54) is 36.5 Å². The molecule has 0 unspecified atom stereocenters. The van der Waals surface area contributed by atoms with E-state index in [1.54, 1.807) is 12.1 Å². The molecular formula is C19H12N6O7. The molecule has 2 aromatic carbocycles. The van der Waals surface area contributed by atoms with Gasteiger partial charge in [0.15, 0.2) is 0 Å². The van der Waals surface area contributed by atoms with Crippen molar-refractivity contribution in [3.63, 3.8) is 0 Å². The normalized spacial score (nSPS) is 10.5. The monoisotopic (exact) mass is 436 g/mol. The number of non-ortho nitro benzene ring substituents is 2. The van der Waals surface area contributed by atoms with Crippen molar-refractivity contribution in [2.75, 3.05) is 5.48 Å². The Bertz CT molecular complexity index is 1180. The Balaban J connectivity index is 1.63. The summed E-state index contributed by atoms with van der Waals surface area (Å²) in [6.07, 6.45) is 1.45. The number of amides is 1. The quantitative estimate of drug-likeness (QED) is 0.325. The van der Waals surface area contributed by atoms with Crippen molar-refractivity contribution < 1.29 is 24.3 Å². The highest BCUT2D eigenvalue weighted by atomic mass is 16.7. The summed E-state index contributed by atoms with van der Waals surface area (Å²) in [6.45, 7) is 0. The minimum atomic E-state index is -1.07. The molecule has 0 fully saturated rings. The second kappa shape index (κ2) is 9.62. The van der Waals surface area contributed by atoms with Gasteiger partial charge in [0.25, 0.3) is 11.4 Å². The lowest BCUT2D eigenvalue weighted by molar-refractivity contribution is -0.394. The zero-order chi connectivity index (χ0) is 23.1. The highest BCUT2D eigenvalue weighted by molar-refractivity contribution is 5.92. The van der Waals surface area contributed by atoms with Crippen LogP contribution in [0.15, 0.2) is 77.1 Å². The maximum Gasteiger partial charge on any atom is 0.363 e. The number of nitro benzene ring substituents is 2. The van der Waals surface area contributed by atoms with Crippen LogP contribution in [0.2, 0.25) is 0 Å². The summed E-state index contributed by atoms with van der Waals surface area (Å²) in [6, 6.07) is 13.1. The molecule has 1 heterocycles. The number of azo groups is 1. The number of carbonyl (C=O) groups is 2. The molecule has 0 spiro atoms. The Morgan fingerprint density at radius 3 is 2.16 bits per heavy atom. The van der Waals surface area contributed by atoms with Crippen LogP contribution >= 0.6 is 0 Å². The largest absolute Gasteiger partial charge is 0.363 e. The van der Waals surface area contributed by atoms with E-state index < -0.39 is 33.1 Å². The molecule has 0 saturated carbocycles. The predicted octanol–water partition coefficient (Wildman–Crippen LogP) is 4.01.